The molecule has 0 aliphatic rings. The molecule has 0 bridgehead atoms. The standard InChI is InChI=1S/C25H32F3N3O4S2/c1-15(2)13-20(24(33)31-21(14-36-3)23(29)32)30-22(25(26,27)28)18-7-5-16(6-8-18)17-9-11-19(12-10-17)37(4,34)35/h5-12,15,20-22,30H,13-14H2,1-4H3,(H2,29,32)(H,31,33)/t20-,21-,22-/m0/s1. The molecule has 37 heavy (non-hydrogen) atoms. The van der Waals surface area contributed by atoms with Gasteiger partial charge in [-0.3, -0.25) is 14.9 Å². The first-order valence-corrected chi connectivity index (χ1v) is 14.7. The number of nitrogens with one attached hydrogen (secondary N) is 2. The number of alkyl halides is 3. The highest BCUT2D eigenvalue weighted by Crippen LogP contribution is 2.34. The largest absolute Gasteiger partial charge is 0.407 e. The van der Waals surface area contributed by atoms with Crippen molar-refractivity contribution in [3.8, 4) is 11.1 Å². The Hall–Kier alpha value is -2.57. The van der Waals surface area contributed by atoms with Gasteiger partial charge in [-0.05, 0) is 47.4 Å². The molecule has 0 saturated heterocycles. The van der Waals surface area contributed by atoms with Crippen LogP contribution in [0.15, 0.2) is 53.4 Å². The summed E-state index contributed by atoms with van der Waals surface area (Å²) in [5.74, 6) is -1.41. The minimum Gasteiger partial charge on any atom is -0.368 e. The van der Waals surface area contributed by atoms with E-state index >= 15 is 0 Å². The van der Waals surface area contributed by atoms with Gasteiger partial charge in [-0.2, -0.15) is 24.9 Å². The third-order valence-electron chi connectivity index (χ3n) is 5.57. The number of thioether (sulfide) groups is 1. The second-order valence-electron chi connectivity index (χ2n) is 9.16. The molecule has 12 heteroatoms. The van der Waals surface area contributed by atoms with E-state index in [1.807, 2.05) is 0 Å². The molecular weight excluding hydrogens is 527 g/mol. The molecule has 0 aliphatic carbocycles. The molecule has 0 radical (unpaired) electrons. The molecule has 3 atom stereocenters. The van der Waals surface area contributed by atoms with Crippen LogP contribution in [-0.2, 0) is 19.4 Å². The fourth-order valence-corrected chi connectivity index (χ4v) is 4.91. The SMILES string of the molecule is CSC[C@H](NC(=O)[C@H](CC(C)C)N[C@@H](c1ccc(-c2ccc(S(C)(=O)=O)cc2)cc1)C(F)(F)F)C(N)=O. The highest BCUT2D eigenvalue weighted by atomic mass is 32.2. The van der Waals surface area contributed by atoms with Gasteiger partial charge in [-0.25, -0.2) is 8.42 Å². The first-order chi connectivity index (χ1) is 17.1. The van der Waals surface area contributed by atoms with E-state index in [2.05, 4.69) is 10.6 Å². The Morgan fingerprint density at radius 2 is 1.49 bits per heavy atom. The molecule has 4 N–H and O–H groups in total. The monoisotopic (exact) mass is 559 g/mol. The van der Waals surface area contributed by atoms with Crippen molar-refractivity contribution >= 4 is 33.4 Å². The number of rotatable bonds is 12. The summed E-state index contributed by atoms with van der Waals surface area (Å²) in [6.07, 6.45) is -1.80. The van der Waals surface area contributed by atoms with E-state index in [9.17, 15) is 31.2 Å². The summed E-state index contributed by atoms with van der Waals surface area (Å²) < 4.78 is 65.7. The minimum absolute atomic E-state index is 0.0962. The summed E-state index contributed by atoms with van der Waals surface area (Å²) in [6, 6.07) is 7.30. The van der Waals surface area contributed by atoms with Crippen LogP contribution in [0.25, 0.3) is 11.1 Å². The number of benzene rings is 2. The third kappa shape index (κ3) is 9.04. The maximum atomic E-state index is 14.1. The van der Waals surface area contributed by atoms with Gasteiger partial charge in [0.2, 0.25) is 11.8 Å². The molecule has 0 unspecified atom stereocenters. The number of carbonyl (C=O) groups excluding carboxylic acids is 2. The molecular formula is C25H32F3N3O4S2. The Morgan fingerprint density at radius 3 is 1.89 bits per heavy atom. The molecule has 2 aromatic carbocycles. The average molecular weight is 560 g/mol. The van der Waals surface area contributed by atoms with Crippen molar-refractivity contribution in [2.45, 2.75) is 49.5 Å². The van der Waals surface area contributed by atoms with Crippen LogP contribution < -0.4 is 16.4 Å². The van der Waals surface area contributed by atoms with Crippen LogP contribution in [0.1, 0.15) is 31.9 Å². The normalized spacial score (nSPS) is 14.7. The Kier molecular flexibility index (Phi) is 10.6. The molecule has 0 saturated carbocycles. The molecule has 204 valence electrons. The smallest absolute Gasteiger partial charge is 0.368 e. The topological polar surface area (TPSA) is 118 Å². The van der Waals surface area contributed by atoms with Crippen molar-refractivity contribution in [1.82, 2.24) is 10.6 Å². The van der Waals surface area contributed by atoms with Gasteiger partial charge in [0.25, 0.3) is 0 Å². The summed E-state index contributed by atoms with van der Waals surface area (Å²) in [4.78, 5) is 24.7. The number of carbonyl (C=O) groups is 2. The van der Waals surface area contributed by atoms with E-state index in [-0.39, 0.29) is 28.6 Å². The summed E-state index contributed by atoms with van der Waals surface area (Å²) in [5, 5.41) is 4.92. The average Bonchev–Trinajstić information content (AvgIpc) is 2.80. The van der Waals surface area contributed by atoms with Crippen LogP contribution in [0, 0.1) is 5.92 Å². The van der Waals surface area contributed by atoms with Crippen molar-refractivity contribution in [2.24, 2.45) is 11.7 Å². The van der Waals surface area contributed by atoms with Crippen LogP contribution in [-0.4, -0.2) is 56.8 Å². The zero-order chi connectivity index (χ0) is 28.0. The van der Waals surface area contributed by atoms with E-state index in [1.165, 1.54) is 48.2 Å². The van der Waals surface area contributed by atoms with Crippen LogP contribution in [0.3, 0.4) is 0 Å². The molecule has 2 aromatic rings. The Labute approximate surface area is 219 Å². The van der Waals surface area contributed by atoms with Crippen LogP contribution in [0.5, 0.6) is 0 Å². The summed E-state index contributed by atoms with van der Waals surface area (Å²) in [5.41, 5.74) is 6.47. The Morgan fingerprint density at radius 1 is 0.973 bits per heavy atom. The third-order valence-corrected chi connectivity index (χ3v) is 7.37. The highest BCUT2D eigenvalue weighted by Gasteiger charge is 2.43. The molecule has 0 fully saturated rings. The van der Waals surface area contributed by atoms with Crippen molar-refractivity contribution in [1.29, 1.82) is 0 Å². The Balaban J connectivity index is 2.32. The minimum atomic E-state index is -4.71. The lowest BCUT2D eigenvalue weighted by atomic mass is 9.97. The Bertz CT molecular complexity index is 1170. The van der Waals surface area contributed by atoms with E-state index in [1.54, 1.807) is 32.2 Å². The highest BCUT2D eigenvalue weighted by molar-refractivity contribution is 7.98. The summed E-state index contributed by atoms with van der Waals surface area (Å²) in [6.45, 7) is 3.56. The fraction of sp³-hybridized carbons (Fsp3) is 0.440. The van der Waals surface area contributed by atoms with Gasteiger partial charge in [0.15, 0.2) is 9.84 Å². The molecule has 0 aromatic heterocycles. The zero-order valence-electron chi connectivity index (χ0n) is 21.0. The van der Waals surface area contributed by atoms with Crippen molar-refractivity contribution in [3.05, 3.63) is 54.1 Å². The summed E-state index contributed by atoms with van der Waals surface area (Å²) in [7, 11) is -3.37. The molecule has 2 amide bonds. The lowest BCUT2D eigenvalue weighted by molar-refractivity contribution is -0.161. The number of amides is 2. The van der Waals surface area contributed by atoms with Crippen molar-refractivity contribution in [2.75, 3.05) is 18.3 Å². The van der Waals surface area contributed by atoms with E-state index in [0.29, 0.717) is 11.1 Å². The predicted molar refractivity (Wildman–Crippen MR) is 140 cm³/mol. The van der Waals surface area contributed by atoms with Gasteiger partial charge in [0.1, 0.15) is 12.1 Å². The van der Waals surface area contributed by atoms with Gasteiger partial charge >= 0.3 is 6.18 Å². The van der Waals surface area contributed by atoms with Crippen molar-refractivity contribution in [3.63, 3.8) is 0 Å². The van der Waals surface area contributed by atoms with E-state index in [4.69, 9.17) is 5.73 Å². The van der Waals surface area contributed by atoms with Crippen LogP contribution in [0.2, 0.25) is 0 Å². The molecule has 0 heterocycles. The van der Waals surface area contributed by atoms with Gasteiger partial charge in [-0.15, -0.1) is 0 Å². The van der Waals surface area contributed by atoms with Crippen LogP contribution >= 0.6 is 11.8 Å². The number of hydrogen-bond donors (Lipinski definition) is 3. The van der Waals surface area contributed by atoms with Gasteiger partial charge in [0, 0.05) is 12.0 Å². The number of sulfone groups is 1. The maximum absolute atomic E-state index is 14.1. The maximum Gasteiger partial charge on any atom is 0.407 e. The second kappa shape index (κ2) is 12.8. The molecule has 2 rings (SSSR count). The lowest BCUT2D eigenvalue weighted by Gasteiger charge is -2.29. The number of hydrogen-bond acceptors (Lipinski definition) is 6. The quantitative estimate of drug-likeness (QED) is 0.365. The van der Waals surface area contributed by atoms with Crippen LogP contribution in [0.4, 0.5) is 13.2 Å². The van der Waals surface area contributed by atoms with Gasteiger partial charge in [-0.1, -0.05) is 50.2 Å². The van der Waals surface area contributed by atoms with Crippen molar-refractivity contribution < 1.29 is 31.2 Å². The first kappa shape index (κ1) is 30.7. The molecule has 0 aliphatic heterocycles. The van der Waals surface area contributed by atoms with Gasteiger partial charge in [0.05, 0.1) is 10.9 Å². The molecule has 0 spiro atoms. The first-order valence-electron chi connectivity index (χ1n) is 11.4. The van der Waals surface area contributed by atoms with E-state index in [0.717, 1.165) is 6.26 Å². The predicted octanol–water partition coefficient (Wildman–Crippen LogP) is 3.70. The number of halogens is 3. The zero-order valence-corrected chi connectivity index (χ0v) is 22.6. The second-order valence-corrected chi connectivity index (χ2v) is 12.1. The fourth-order valence-electron chi connectivity index (χ4n) is 3.70. The number of primary amides is 1. The summed E-state index contributed by atoms with van der Waals surface area (Å²) >= 11 is 1.28. The number of nitrogens with two attached hydrogens (primary N) is 1. The van der Waals surface area contributed by atoms with E-state index < -0.39 is 46.0 Å². The van der Waals surface area contributed by atoms with Gasteiger partial charge < -0.3 is 11.1 Å². The molecule has 7 nitrogen and oxygen atoms in total. The lowest BCUT2D eigenvalue weighted by Crippen LogP contribution is -2.54.